The number of hydrogen-bond donors (Lipinski definition) is 2. The van der Waals surface area contributed by atoms with Crippen LogP contribution < -0.4 is 11.1 Å². The van der Waals surface area contributed by atoms with Gasteiger partial charge in [-0.15, -0.1) is 0 Å². The van der Waals surface area contributed by atoms with Crippen molar-refractivity contribution in [3.8, 4) is 0 Å². The molecule has 0 amide bonds. The molecule has 1 fully saturated rings. The Morgan fingerprint density at radius 1 is 1.50 bits per heavy atom. The Kier molecular flexibility index (Phi) is 2.79. The zero-order chi connectivity index (χ0) is 11.0. The van der Waals surface area contributed by atoms with E-state index in [0.717, 1.165) is 12.5 Å². The van der Waals surface area contributed by atoms with Gasteiger partial charge in [0.1, 0.15) is 0 Å². The number of hydrogen-bond acceptors (Lipinski definition) is 1. The van der Waals surface area contributed by atoms with Crippen LogP contribution in [0.2, 0.25) is 0 Å². The van der Waals surface area contributed by atoms with Gasteiger partial charge in [-0.25, -0.2) is 0 Å². The Balaban J connectivity index is 2.32. The average Bonchev–Trinajstić information content (AvgIpc) is 2.51. The second kappa shape index (κ2) is 3.44. The van der Waals surface area contributed by atoms with E-state index in [1.54, 1.807) is 0 Å². The van der Waals surface area contributed by atoms with Crippen molar-refractivity contribution in [3.05, 3.63) is 0 Å². The van der Waals surface area contributed by atoms with Crippen LogP contribution in [0.1, 0.15) is 41.0 Å². The number of nitrogens with zero attached hydrogens (tertiary/aromatic N) is 1. The topological polar surface area (TPSA) is 50.4 Å². The van der Waals surface area contributed by atoms with Crippen LogP contribution in [-0.2, 0) is 0 Å². The van der Waals surface area contributed by atoms with E-state index >= 15 is 0 Å². The first-order chi connectivity index (χ1) is 6.21. The highest BCUT2D eigenvalue weighted by Crippen LogP contribution is 2.51. The summed E-state index contributed by atoms with van der Waals surface area (Å²) in [4.78, 5) is 4.35. The molecule has 0 radical (unpaired) electrons. The minimum absolute atomic E-state index is 0.00660. The molecule has 3 N–H and O–H groups in total. The van der Waals surface area contributed by atoms with E-state index in [1.165, 1.54) is 6.42 Å². The zero-order valence-electron chi connectivity index (χ0n) is 10.0. The molecule has 0 aromatic rings. The summed E-state index contributed by atoms with van der Waals surface area (Å²) in [7, 11) is 0. The van der Waals surface area contributed by atoms with Crippen molar-refractivity contribution < 1.29 is 0 Å². The van der Waals surface area contributed by atoms with Gasteiger partial charge in [-0.05, 0) is 38.5 Å². The van der Waals surface area contributed by atoms with E-state index in [4.69, 9.17) is 5.73 Å². The smallest absolute Gasteiger partial charge is 0.188 e. The van der Waals surface area contributed by atoms with Crippen LogP contribution in [0, 0.1) is 11.3 Å². The maximum absolute atomic E-state index is 5.76. The van der Waals surface area contributed by atoms with Gasteiger partial charge >= 0.3 is 0 Å². The number of rotatable bonds is 2. The van der Waals surface area contributed by atoms with Crippen LogP contribution in [-0.4, -0.2) is 18.0 Å². The number of aliphatic imine (C=N–C) groups is 1. The standard InChI is InChI=1S/C11H23N3/c1-10(2,3)14-9(12)13-7-8-6-11(8,4)5/h8H,6-7H2,1-5H3,(H3,12,13,14). The second-order valence-electron chi connectivity index (χ2n) is 5.99. The van der Waals surface area contributed by atoms with E-state index in [9.17, 15) is 0 Å². The molecule has 0 aromatic carbocycles. The third kappa shape index (κ3) is 3.56. The van der Waals surface area contributed by atoms with Gasteiger partial charge in [-0.1, -0.05) is 13.8 Å². The molecule has 1 rings (SSSR count). The number of guanidine groups is 1. The summed E-state index contributed by atoms with van der Waals surface area (Å²) >= 11 is 0. The zero-order valence-corrected chi connectivity index (χ0v) is 10.0. The molecule has 14 heavy (non-hydrogen) atoms. The lowest BCUT2D eigenvalue weighted by Crippen LogP contribution is -2.45. The van der Waals surface area contributed by atoms with E-state index in [1.807, 2.05) is 0 Å². The molecule has 0 aliphatic heterocycles. The van der Waals surface area contributed by atoms with Crippen molar-refractivity contribution >= 4 is 5.96 Å². The molecule has 0 bridgehead atoms. The first-order valence-electron chi connectivity index (χ1n) is 5.29. The fourth-order valence-electron chi connectivity index (χ4n) is 1.52. The summed E-state index contributed by atoms with van der Waals surface area (Å²) in [6.07, 6.45) is 1.28. The Morgan fingerprint density at radius 3 is 2.36 bits per heavy atom. The van der Waals surface area contributed by atoms with Gasteiger partial charge in [0.25, 0.3) is 0 Å². The first kappa shape index (κ1) is 11.3. The molecule has 1 atom stereocenters. The molecular formula is C11H23N3. The van der Waals surface area contributed by atoms with Gasteiger partial charge in [0.05, 0.1) is 0 Å². The van der Waals surface area contributed by atoms with Crippen molar-refractivity contribution in [1.29, 1.82) is 0 Å². The first-order valence-corrected chi connectivity index (χ1v) is 5.29. The van der Waals surface area contributed by atoms with Crippen molar-refractivity contribution in [1.82, 2.24) is 5.32 Å². The molecule has 3 heteroatoms. The molecule has 82 valence electrons. The minimum atomic E-state index is 0.00660. The van der Waals surface area contributed by atoms with Crippen molar-refractivity contribution in [2.24, 2.45) is 22.1 Å². The van der Waals surface area contributed by atoms with Crippen LogP contribution in [0.3, 0.4) is 0 Å². The second-order valence-corrected chi connectivity index (χ2v) is 5.99. The minimum Gasteiger partial charge on any atom is -0.370 e. The predicted molar refractivity (Wildman–Crippen MR) is 61.3 cm³/mol. The summed E-state index contributed by atoms with van der Waals surface area (Å²) in [6.45, 7) is 11.7. The fourth-order valence-corrected chi connectivity index (χ4v) is 1.52. The Morgan fingerprint density at radius 2 is 2.00 bits per heavy atom. The maximum atomic E-state index is 5.76. The van der Waals surface area contributed by atoms with Crippen LogP contribution in [0.15, 0.2) is 4.99 Å². The lowest BCUT2D eigenvalue weighted by atomic mass is 10.1. The summed E-state index contributed by atoms with van der Waals surface area (Å²) in [5.41, 5.74) is 6.26. The largest absolute Gasteiger partial charge is 0.370 e. The van der Waals surface area contributed by atoms with Crippen LogP contribution >= 0.6 is 0 Å². The van der Waals surface area contributed by atoms with E-state index in [-0.39, 0.29) is 5.54 Å². The Bertz CT molecular complexity index is 235. The van der Waals surface area contributed by atoms with Crippen molar-refractivity contribution in [2.45, 2.75) is 46.6 Å². The van der Waals surface area contributed by atoms with Gasteiger partial charge in [0, 0.05) is 12.1 Å². The highest BCUT2D eigenvalue weighted by atomic mass is 15.1. The highest BCUT2D eigenvalue weighted by molar-refractivity contribution is 5.78. The van der Waals surface area contributed by atoms with Crippen molar-refractivity contribution in [3.63, 3.8) is 0 Å². The fraction of sp³-hybridized carbons (Fsp3) is 0.909. The van der Waals surface area contributed by atoms with Gasteiger partial charge in [0.15, 0.2) is 5.96 Å². The molecule has 1 unspecified atom stereocenters. The summed E-state index contributed by atoms with van der Waals surface area (Å²) < 4.78 is 0. The molecular weight excluding hydrogens is 174 g/mol. The quantitative estimate of drug-likeness (QED) is 0.523. The molecule has 1 aliphatic rings. The number of nitrogens with one attached hydrogen (secondary N) is 1. The van der Waals surface area contributed by atoms with E-state index in [0.29, 0.717) is 11.4 Å². The van der Waals surface area contributed by atoms with Crippen LogP contribution in [0.25, 0.3) is 0 Å². The highest BCUT2D eigenvalue weighted by Gasteiger charge is 2.45. The third-order valence-corrected chi connectivity index (χ3v) is 2.70. The molecule has 3 nitrogen and oxygen atoms in total. The van der Waals surface area contributed by atoms with Crippen molar-refractivity contribution in [2.75, 3.05) is 6.54 Å². The van der Waals surface area contributed by atoms with Crippen LogP contribution in [0.5, 0.6) is 0 Å². The lowest BCUT2D eigenvalue weighted by molar-refractivity contribution is 0.506. The number of nitrogens with two attached hydrogens (primary N) is 1. The SMILES string of the molecule is CC(C)(C)NC(N)=NCC1CC1(C)C. The molecule has 0 spiro atoms. The summed E-state index contributed by atoms with van der Waals surface area (Å²) in [5, 5.41) is 3.16. The normalized spacial score (nSPS) is 26.1. The predicted octanol–water partition coefficient (Wildman–Crippen LogP) is 1.74. The molecule has 1 aliphatic carbocycles. The van der Waals surface area contributed by atoms with E-state index < -0.39 is 0 Å². The lowest BCUT2D eigenvalue weighted by Gasteiger charge is -2.21. The molecule has 1 saturated carbocycles. The molecule has 0 heterocycles. The molecule has 0 saturated heterocycles. The molecule has 0 aromatic heterocycles. The van der Waals surface area contributed by atoms with Gasteiger partial charge < -0.3 is 11.1 Å². The average molecular weight is 197 g/mol. The monoisotopic (exact) mass is 197 g/mol. The third-order valence-electron chi connectivity index (χ3n) is 2.70. The Hall–Kier alpha value is -0.730. The van der Waals surface area contributed by atoms with Gasteiger partial charge in [-0.2, -0.15) is 0 Å². The van der Waals surface area contributed by atoms with Gasteiger partial charge in [-0.3, -0.25) is 4.99 Å². The summed E-state index contributed by atoms with van der Waals surface area (Å²) in [6, 6.07) is 0. The Labute approximate surface area is 87.2 Å². The summed E-state index contributed by atoms with van der Waals surface area (Å²) in [5.74, 6) is 1.29. The van der Waals surface area contributed by atoms with Gasteiger partial charge in [0.2, 0.25) is 0 Å². The van der Waals surface area contributed by atoms with Crippen LogP contribution in [0.4, 0.5) is 0 Å². The maximum Gasteiger partial charge on any atom is 0.188 e. The van der Waals surface area contributed by atoms with E-state index in [2.05, 4.69) is 44.9 Å².